The van der Waals surface area contributed by atoms with Gasteiger partial charge in [-0.1, -0.05) is 53.7 Å². The van der Waals surface area contributed by atoms with Gasteiger partial charge in [-0.2, -0.15) is 10.1 Å². The largest absolute Gasteiger partial charge is 0.451 e. The third-order valence-electron chi connectivity index (χ3n) is 4.57. The van der Waals surface area contributed by atoms with Crippen molar-refractivity contribution < 1.29 is 9.53 Å². The fraction of sp³-hybridized carbons (Fsp3) is 0.417. The predicted molar refractivity (Wildman–Crippen MR) is 121 cm³/mol. The summed E-state index contributed by atoms with van der Waals surface area (Å²) in [6.07, 6.45) is 8.78. The van der Waals surface area contributed by atoms with Crippen LogP contribution < -0.4 is 0 Å². The van der Waals surface area contributed by atoms with Crippen LogP contribution in [0.5, 0.6) is 0 Å². The van der Waals surface area contributed by atoms with Crippen LogP contribution in [-0.4, -0.2) is 33.7 Å². The van der Waals surface area contributed by atoms with Crippen LogP contribution in [0.4, 0.5) is 4.79 Å². The SMILES string of the molecule is C\C=C/C(=C\C(=N\C(=O)OC)c1cc(C(C)(C)C)cc(-n2cccn2)n1)C(C)(C)C. The highest BCUT2D eigenvalue weighted by molar-refractivity contribution is 6.12. The van der Waals surface area contributed by atoms with Crippen LogP contribution in [0.25, 0.3) is 5.82 Å². The Morgan fingerprint density at radius 3 is 2.37 bits per heavy atom. The first-order valence-corrected chi connectivity index (χ1v) is 10.00. The number of pyridine rings is 1. The number of carbonyl (C=O) groups is 1. The number of hydrogen-bond acceptors (Lipinski definition) is 4. The summed E-state index contributed by atoms with van der Waals surface area (Å²) < 4.78 is 6.51. The van der Waals surface area contributed by atoms with Crippen molar-refractivity contribution in [3.63, 3.8) is 0 Å². The third kappa shape index (κ3) is 5.99. The minimum atomic E-state index is -0.668. The van der Waals surface area contributed by atoms with E-state index in [9.17, 15) is 4.79 Å². The minimum Gasteiger partial charge on any atom is -0.451 e. The summed E-state index contributed by atoms with van der Waals surface area (Å²) in [6.45, 7) is 14.7. The number of rotatable bonds is 4. The van der Waals surface area contributed by atoms with Gasteiger partial charge in [-0.3, -0.25) is 0 Å². The molecule has 0 spiro atoms. The first-order valence-electron chi connectivity index (χ1n) is 10.00. The standard InChI is InChI=1S/C24H32N4O2/c1-9-11-17(23(2,3)4)14-20(27-22(29)30-8)19-15-18(24(5,6)7)16-21(26-19)28-13-10-12-25-28/h9-16H,1-8H3/b11-9-,17-14+,27-20-. The molecule has 0 aliphatic rings. The Kier molecular flexibility index (Phi) is 7.13. The minimum absolute atomic E-state index is 0.129. The number of allylic oxidation sites excluding steroid dienone is 4. The molecule has 0 atom stereocenters. The summed E-state index contributed by atoms with van der Waals surface area (Å²) in [5.74, 6) is 0.664. The number of hydrogen-bond donors (Lipinski definition) is 0. The molecule has 0 bridgehead atoms. The molecule has 2 aromatic rings. The van der Waals surface area contributed by atoms with E-state index in [2.05, 4.69) is 51.6 Å². The Morgan fingerprint density at radius 2 is 1.87 bits per heavy atom. The van der Waals surface area contributed by atoms with E-state index in [1.807, 2.05) is 49.5 Å². The normalized spacial score (nSPS) is 13.7. The summed E-state index contributed by atoms with van der Waals surface area (Å²) in [5.41, 5.74) is 2.85. The maximum atomic E-state index is 12.1. The van der Waals surface area contributed by atoms with Crippen LogP contribution in [0.1, 0.15) is 59.7 Å². The summed E-state index contributed by atoms with van der Waals surface area (Å²) in [6, 6.07) is 5.83. The van der Waals surface area contributed by atoms with Gasteiger partial charge < -0.3 is 4.74 Å². The van der Waals surface area contributed by atoms with Gasteiger partial charge in [0, 0.05) is 12.4 Å². The molecule has 1 amide bonds. The van der Waals surface area contributed by atoms with Crippen LogP contribution in [0, 0.1) is 5.41 Å². The fourth-order valence-electron chi connectivity index (χ4n) is 2.75. The number of methoxy groups -OCH3 is 1. The highest BCUT2D eigenvalue weighted by Gasteiger charge is 2.21. The van der Waals surface area contributed by atoms with Gasteiger partial charge >= 0.3 is 6.09 Å². The molecular formula is C24H32N4O2. The smallest absolute Gasteiger partial charge is 0.433 e. The molecule has 160 valence electrons. The molecule has 30 heavy (non-hydrogen) atoms. The first-order chi connectivity index (χ1) is 14.0. The lowest BCUT2D eigenvalue weighted by Gasteiger charge is -2.22. The van der Waals surface area contributed by atoms with E-state index in [-0.39, 0.29) is 10.8 Å². The van der Waals surface area contributed by atoms with Gasteiger partial charge in [0.05, 0.1) is 18.5 Å². The number of nitrogens with zero attached hydrogens (tertiary/aromatic N) is 4. The Morgan fingerprint density at radius 1 is 1.17 bits per heavy atom. The van der Waals surface area contributed by atoms with Crippen molar-refractivity contribution in [2.75, 3.05) is 7.11 Å². The second kappa shape index (κ2) is 9.20. The molecule has 0 saturated heterocycles. The number of aromatic nitrogens is 3. The lowest BCUT2D eigenvalue weighted by atomic mass is 9.84. The average molecular weight is 409 g/mol. The zero-order chi connectivity index (χ0) is 22.5. The first kappa shape index (κ1) is 23.3. The maximum absolute atomic E-state index is 12.1. The molecule has 0 unspecified atom stereocenters. The quantitative estimate of drug-likeness (QED) is 0.483. The molecule has 0 radical (unpaired) electrons. The van der Waals surface area contributed by atoms with E-state index >= 15 is 0 Å². The van der Waals surface area contributed by atoms with Crippen molar-refractivity contribution in [3.8, 4) is 5.82 Å². The lowest BCUT2D eigenvalue weighted by molar-refractivity contribution is 0.182. The zero-order valence-electron chi connectivity index (χ0n) is 19.2. The van der Waals surface area contributed by atoms with E-state index in [0.717, 1.165) is 11.1 Å². The molecule has 2 aromatic heterocycles. The van der Waals surface area contributed by atoms with Crippen molar-refractivity contribution in [1.82, 2.24) is 14.8 Å². The van der Waals surface area contributed by atoms with E-state index in [4.69, 9.17) is 9.72 Å². The molecule has 0 N–H and O–H groups in total. The van der Waals surface area contributed by atoms with Gasteiger partial charge in [0.25, 0.3) is 0 Å². The van der Waals surface area contributed by atoms with Gasteiger partial charge in [0.1, 0.15) is 0 Å². The van der Waals surface area contributed by atoms with Gasteiger partial charge in [0.15, 0.2) is 5.82 Å². The van der Waals surface area contributed by atoms with Crippen LogP contribution in [-0.2, 0) is 10.2 Å². The van der Waals surface area contributed by atoms with Gasteiger partial charge in [-0.15, -0.1) is 0 Å². The summed E-state index contributed by atoms with van der Waals surface area (Å²) in [5, 5.41) is 4.31. The molecule has 0 aromatic carbocycles. The van der Waals surface area contributed by atoms with E-state index in [1.54, 1.807) is 10.9 Å². The molecule has 0 saturated carbocycles. The molecule has 0 aliphatic heterocycles. The number of amides is 1. The number of aliphatic imine (C=N–C) groups is 1. The van der Waals surface area contributed by atoms with E-state index in [1.165, 1.54) is 7.11 Å². The topological polar surface area (TPSA) is 69.4 Å². The van der Waals surface area contributed by atoms with E-state index in [0.29, 0.717) is 17.2 Å². The molecule has 0 aliphatic carbocycles. The highest BCUT2D eigenvalue weighted by Crippen LogP contribution is 2.28. The predicted octanol–water partition coefficient (Wildman–Crippen LogP) is 5.67. The Bertz CT molecular complexity index is 970. The second-order valence-corrected chi connectivity index (χ2v) is 9.12. The monoisotopic (exact) mass is 408 g/mol. The number of carbonyl (C=O) groups excluding carboxylic acids is 1. The number of ether oxygens (including phenoxy) is 1. The highest BCUT2D eigenvalue weighted by atomic mass is 16.5. The molecular weight excluding hydrogens is 376 g/mol. The summed E-state index contributed by atoms with van der Waals surface area (Å²) in [7, 11) is 1.32. The third-order valence-corrected chi connectivity index (χ3v) is 4.57. The second-order valence-electron chi connectivity index (χ2n) is 9.12. The van der Waals surface area contributed by atoms with E-state index < -0.39 is 6.09 Å². The Labute approximate surface area is 179 Å². The summed E-state index contributed by atoms with van der Waals surface area (Å²) >= 11 is 0. The van der Waals surface area contributed by atoms with Crippen LogP contribution in [0.2, 0.25) is 0 Å². The van der Waals surface area contributed by atoms with Crippen LogP contribution in [0.3, 0.4) is 0 Å². The van der Waals surface area contributed by atoms with Gasteiger partial charge in [-0.25, -0.2) is 14.5 Å². The van der Waals surface area contributed by atoms with Crippen LogP contribution in [0.15, 0.2) is 59.4 Å². The Hall–Kier alpha value is -3.02. The zero-order valence-corrected chi connectivity index (χ0v) is 19.2. The van der Waals surface area contributed by atoms with Crippen molar-refractivity contribution >= 4 is 11.8 Å². The molecule has 2 heterocycles. The van der Waals surface area contributed by atoms with Crippen molar-refractivity contribution in [3.05, 3.63) is 65.7 Å². The fourth-order valence-corrected chi connectivity index (χ4v) is 2.75. The Balaban J connectivity index is 2.79. The molecule has 6 heteroatoms. The maximum Gasteiger partial charge on any atom is 0.433 e. The molecule has 0 fully saturated rings. The van der Waals surface area contributed by atoms with Crippen molar-refractivity contribution in [2.24, 2.45) is 10.4 Å². The van der Waals surface area contributed by atoms with Crippen molar-refractivity contribution in [2.45, 2.75) is 53.9 Å². The lowest BCUT2D eigenvalue weighted by Crippen LogP contribution is -2.17. The summed E-state index contributed by atoms with van der Waals surface area (Å²) in [4.78, 5) is 21.0. The molecule has 6 nitrogen and oxygen atoms in total. The van der Waals surface area contributed by atoms with Gasteiger partial charge in [0.2, 0.25) is 0 Å². The van der Waals surface area contributed by atoms with Crippen molar-refractivity contribution in [1.29, 1.82) is 0 Å². The van der Waals surface area contributed by atoms with Gasteiger partial charge in [-0.05, 0) is 53.2 Å². The average Bonchev–Trinajstić information content (AvgIpc) is 3.19. The van der Waals surface area contributed by atoms with Crippen LogP contribution >= 0.6 is 0 Å². The molecule has 2 rings (SSSR count).